The highest BCUT2D eigenvalue weighted by Gasteiger charge is 2.13. The largest absolute Gasteiger partial charge is 0.481 e. The van der Waals surface area contributed by atoms with Crippen molar-refractivity contribution in [2.45, 2.75) is 13.5 Å². The molecule has 6 nitrogen and oxygen atoms in total. The number of benzene rings is 2. The van der Waals surface area contributed by atoms with Gasteiger partial charge in [-0.15, -0.1) is 10.2 Å². The molecule has 25 heavy (non-hydrogen) atoms. The number of nitrogens with one attached hydrogen (secondary N) is 1. The highest BCUT2D eigenvalue weighted by molar-refractivity contribution is 5.95. The smallest absolute Gasteiger partial charge is 0.262 e. The summed E-state index contributed by atoms with van der Waals surface area (Å²) in [5, 5.41) is 10.8. The van der Waals surface area contributed by atoms with Gasteiger partial charge in [0.1, 0.15) is 6.33 Å². The molecule has 0 aliphatic rings. The van der Waals surface area contributed by atoms with Gasteiger partial charge < -0.3 is 14.6 Å². The summed E-state index contributed by atoms with van der Waals surface area (Å²) in [6.07, 6.45) is 1.63. The Morgan fingerprint density at radius 1 is 1.20 bits per heavy atom. The molecule has 7 heteroatoms. The fraction of sp³-hybridized carbons (Fsp3) is 0.167. The summed E-state index contributed by atoms with van der Waals surface area (Å²) in [5.41, 5.74) is 1.34. The minimum Gasteiger partial charge on any atom is -0.481 e. The van der Waals surface area contributed by atoms with Crippen molar-refractivity contribution in [1.82, 2.24) is 14.8 Å². The third-order valence-corrected chi connectivity index (χ3v) is 3.59. The third kappa shape index (κ3) is 3.82. The highest BCUT2D eigenvalue weighted by Crippen LogP contribution is 2.26. The number of ether oxygens (including phenoxy) is 1. The van der Waals surface area contributed by atoms with Crippen molar-refractivity contribution >= 4 is 11.6 Å². The van der Waals surface area contributed by atoms with Crippen LogP contribution < -0.4 is 10.1 Å². The molecule has 128 valence electrons. The van der Waals surface area contributed by atoms with Crippen molar-refractivity contribution in [3.05, 3.63) is 60.7 Å². The van der Waals surface area contributed by atoms with Crippen molar-refractivity contribution in [2.24, 2.45) is 0 Å². The van der Waals surface area contributed by atoms with Gasteiger partial charge in [-0.05, 0) is 31.2 Å². The lowest BCUT2D eigenvalue weighted by Gasteiger charge is -2.12. The van der Waals surface area contributed by atoms with Crippen LogP contribution in [-0.4, -0.2) is 27.3 Å². The van der Waals surface area contributed by atoms with Crippen LogP contribution in [0.25, 0.3) is 11.4 Å². The predicted molar refractivity (Wildman–Crippen MR) is 91.7 cm³/mol. The number of anilines is 1. The lowest BCUT2D eigenvalue weighted by atomic mass is 10.1. The second kappa shape index (κ2) is 7.57. The van der Waals surface area contributed by atoms with Crippen LogP contribution >= 0.6 is 0 Å². The SMILES string of the molecule is CCn1cnnc1-c1ccccc1NC(=O)COc1ccccc1F. The number of hydrogen-bond donors (Lipinski definition) is 1. The summed E-state index contributed by atoms with van der Waals surface area (Å²) in [6, 6.07) is 13.2. The molecule has 0 saturated carbocycles. The molecule has 0 saturated heterocycles. The van der Waals surface area contributed by atoms with E-state index in [1.165, 1.54) is 12.1 Å². The van der Waals surface area contributed by atoms with Crippen molar-refractivity contribution in [2.75, 3.05) is 11.9 Å². The van der Waals surface area contributed by atoms with Crippen LogP contribution in [0.4, 0.5) is 10.1 Å². The first kappa shape index (κ1) is 16.6. The summed E-state index contributed by atoms with van der Waals surface area (Å²) in [5.74, 6) is -0.199. The molecule has 0 unspecified atom stereocenters. The molecule has 0 atom stereocenters. The quantitative estimate of drug-likeness (QED) is 0.748. The van der Waals surface area contributed by atoms with E-state index in [1.54, 1.807) is 24.5 Å². The summed E-state index contributed by atoms with van der Waals surface area (Å²) in [4.78, 5) is 12.2. The zero-order valence-corrected chi connectivity index (χ0v) is 13.6. The van der Waals surface area contributed by atoms with E-state index in [-0.39, 0.29) is 12.4 Å². The Balaban J connectivity index is 1.73. The Hall–Kier alpha value is -3.22. The van der Waals surface area contributed by atoms with E-state index in [2.05, 4.69) is 15.5 Å². The number of carbonyl (C=O) groups is 1. The zero-order valence-electron chi connectivity index (χ0n) is 13.6. The Morgan fingerprint density at radius 3 is 2.76 bits per heavy atom. The molecule has 3 aromatic rings. The Labute approximate surface area is 144 Å². The van der Waals surface area contributed by atoms with Gasteiger partial charge in [-0.1, -0.05) is 24.3 Å². The summed E-state index contributed by atoms with van der Waals surface area (Å²) in [7, 11) is 0. The van der Waals surface area contributed by atoms with Crippen molar-refractivity contribution in [3.8, 4) is 17.1 Å². The van der Waals surface area contributed by atoms with Gasteiger partial charge in [0.15, 0.2) is 24.0 Å². The maximum absolute atomic E-state index is 13.5. The molecule has 0 aliphatic carbocycles. The van der Waals surface area contributed by atoms with E-state index in [0.717, 1.165) is 5.56 Å². The van der Waals surface area contributed by atoms with Crippen LogP contribution in [-0.2, 0) is 11.3 Å². The number of aromatic nitrogens is 3. The predicted octanol–water partition coefficient (Wildman–Crippen LogP) is 3.12. The lowest BCUT2D eigenvalue weighted by Crippen LogP contribution is -2.21. The monoisotopic (exact) mass is 340 g/mol. The Morgan fingerprint density at radius 2 is 1.96 bits per heavy atom. The van der Waals surface area contributed by atoms with Gasteiger partial charge in [0.25, 0.3) is 5.91 Å². The number of hydrogen-bond acceptors (Lipinski definition) is 4. The van der Waals surface area contributed by atoms with Gasteiger partial charge in [-0.2, -0.15) is 0 Å². The van der Waals surface area contributed by atoms with Gasteiger partial charge in [-0.3, -0.25) is 4.79 Å². The number of aryl methyl sites for hydroxylation is 1. The fourth-order valence-electron chi connectivity index (χ4n) is 2.37. The van der Waals surface area contributed by atoms with Crippen LogP contribution in [0.15, 0.2) is 54.9 Å². The van der Waals surface area contributed by atoms with E-state index < -0.39 is 11.7 Å². The van der Waals surface area contributed by atoms with Gasteiger partial charge in [-0.25, -0.2) is 4.39 Å². The molecule has 0 fully saturated rings. The molecule has 0 radical (unpaired) electrons. The molecule has 1 N–H and O–H groups in total. The molecule has 0 spiro atoms. The second-order valence-electron chi connectivity index (χ2n) is 5.25. The van der Waals surface area contributed by atoms with E-state index in [9.17, 15) is 9.18 Å². The van der Waals surface area contributed by atoms with Gasteiger partial charge in [0.2, 0.25) is 0 Å². The van der Waals surface area contributed by atoms with Crippen LogP contribution in [0.2, 0.25) is 0 Å². The molecule has 3 rings (SSSR count). The number of carbonyl (C=O) groups excluding carboxylic acids is 1. The second-order valence-corrected chi connectivity index (χ2v) is 5.25. The van der Waals surface area contributed by atoms with Crippen molar-refractivity contribution < 1.29 is 13.9 Å². The molecule has 1 heterocycles. The average molecular weight is 340 g/mol. The maximum atomic E-state index is 13.5. The number of rotatable bonds is 6. The normalized spacial score (nSPS) is 10.5. The van der Waals surface area contributed by atoms with Gasteiger partial charge >= 0.3 is 0 Å². The summed E-state index contributed by atoms with van der Waals surface area (Å²) >= 11 is 0. The first-order chi connectivity index (χ1) is 12.2. The lowest BCUT2D eigenvalue weighted by molar-refractivity contribution is -0.118. The maximum Gasteiger partial charge on any atom is 0.262 e. The van der Waals surface area contributed by atoms with E-state index in [1.807, 2.05) is 29.7 Å². The molecule has 0 aliphatic heterocycles. The molecule has 0 bridgehead atoms. The summed E-state index contributed by atoms with van der Waals surface area (Å²) < 4.78 is 20.6. The number of halogens is 1. The molecule has 1 aromatic heterocycles. The standard InChI is InChI=1S/C18H17FN4O2/c1-2-23-12-20-22-18(23)13-7-3-5-9-15(13)21-17(24)11-25-16-10-6-4-8-14(16)19/h3-10,12H,2,11H2,1H3,(H,21,24). The van der Waals surface area contributed by atoms with Crippen LogP contribution in [0.1, 0.15) is 6.92 Å². The third-order valence-electron chi connectivity index (χ3n) is 3.59. The average Bonchev–Trinajstić information content (AvgIpc) is 3.10. The van der Waals surface area contributed by atoms with Crippen molar-refractivity contribution in [3.63, 3.8) is 0 Å². The van der Waals surface area contributed by atoms with Gasteiger partial charge in [0.05, 0.1) is 5.69 Å². The Kier molecular flexibility index (Phi) is 5.03. The first-order valence-electron chi connectivity index (χ1n) is 7.83. The highest BCUT2D eigenvalue weighted by atomic mass is 19.1. The van der Waals surface area contributed by atoms with E-state index in [4.69, 9.17) is 4.74 Å². The van der Waals surface area contributed by atoms with Crippen LogP contribution in [0.5, 0.6) is 5.75 Å². The van der Waals surface area contributed by atoms with Gasteiger partial charge in [0, 0.05) is 12.1 Å². The number of nitrogens with zero attached hydrogens (tertiary/aromatic N) is 3. The fourth-order valence-corrected chi connectivity index (χ4v) is 2.37. The Bertz CT molecular complexity index is 879. The van der Waals surface area contributed by atoms with E-state index >= 15 is 0 Å². The van der Waals surface area contributed by atoms with Crippen molar-refractivity contribution in [1.29, 1.82) is 0 Å². The summed E-state index contributed by atoms with van der Waals surface area (Å²) in [6.45, 7) is 2.40. The topological polar surface area (TPSA) is 69.0 Å². The van der Waals surface area contributed by atoms with E-state index in [0.29, 0.717) is 18.1 Å². The molecule has 2 aromatic carbocycles. The number of para-hydroxylation sites is 2. The molecular weight excluding hydrogens is 323 g/mol. The minimum atomic E-state index is -0.508. The number of amides is 1. The minimum absolute atomic E-state index is 0.0386. The zero-order chi connectivity index (χ0) is 17.6. The molecular formula is C18H17FN4O2. The van der Waals surface area contributed by atoms with Crippen LogP contribution in [0.3, 0.4) is 0 Å². The first-order valence-corrected chi connectivity index (χ1v) is 7.83. The van der Waals surface area contributed by atoms with Crippen LogP contribution in [0, 0.1) is 5.82 Å². The molecule has 1 amide bonds.